The summed E-state index contributed by atoms with van der Waals surface area (Å²) >= 11 is 0. The SMILES string of the molecule is CCNC(=NCC(C)(O)c1ccco1)NC(C)C(C)c1ccccc1.I. The number of hydrogen-bond donors (Lipinski definition) is 3. The normalized spacial score (nSPS) is 16.1. The predicted molar refractivity (Wildman–Crippen MR) is 117 cm³/mol. The van der Waals surface area contributed by atoms with Crippen LogP contribution in [0.1, 0.15) is 44.9 Å². The maximum absolute atomic E-state index is 10.6. The number of aliphatic hydroxyl groups is 1. The molecule has 0 bridgehead atoms. The van der Waals surface area contributed by atoms with Crippen LogP contribution in [0.25, 0.3) is 0 Å². The van der Waals surface area contributed by atoms with E-state index in [1.807, 2.05) is 13.0 Å². The van der Waals surface area contributed by atoms with Crippen molar-refractivity contribution in [2.24, 2.45) is 4.99 Å². The molecule has 144 valence electrons. The Kier molecular flexibility index (Phi) is 9.15. The van der Waals surface area contributed by atoms with Crippen molar-refractivity contribution in [3.05, 3.63) is 60.1 Å². The van der Waals surface area contributed by atoms with Crippen LogP contribution in [0.5, 0.6) is 0 Å². The molecule has 3 atom stereocenters. The van der Waals surface area contributed by atoms with Gasteiger partial charge in [-0.15, -0.1) is 24.0 Å². The number of rotatable bonds is 7. The first kappa shape index (κ1) is 22.5. The number of nitrogens with zero attached hydrogens (tertiary/aromatic N) is 1. The zero-order valence-electron chi connectivity index (χ0n) is 15.9. The fraction of sp³-hybridized carbons (Fsp3) is 0.450. The Morgan fingerprint density at radius 3 is 2.46 bits per heavy atom. The van der Waals surface area contributed by atoms with Crippen LogP contribution in [0, 0.1) is 0 Å². The highest BCUT2D eigenvalue weighted by Gasteiger charge is 2.26. The lowest BCUT2D eigenvalue weighted by Crippen LogP contribution is -2.45. The number of guanidine groups is 1. The number of furan rings is 1. The Morgan fingerprint density at radius 1 is 1.19 bits per heavy atom. The molecule has 0 aliphatic rings. The average Bonchev–Trinajstić information content (AvgIpc) is 3.15. The Hall–Kier alpha value is -1.54. The van der Waals surface area contributed by atoms with Gasteiger partial charge >= 0.3 is 0 Å². The molecule has 26 heavy (non-hydrogen) atoms. The standard InChI is InChI=1S/C20H29N3O2.HI/c1-5-21-19(22-14-20(4,24)18-12-9-13-25-18)23-16(3)15(2)17-10-7-6-8-11-17;/h6-13,15-16,24H,5,14H2,1-4H3,(H2,21,22,23);1H. The molecule has 0 radical (unpaired) electrons. The predicted octanol–water partition coefficient (Wildman–Crippen LogP) is 3.85. The van der Waals surface area contributed by atoms with Crippen molar-refractivity contribution in [1.82, 2.24) is 10.6 Å². The molecule has 1 heterocycles. The van der Waals surface area contributed by atoms with Crippen molar-refractivity contribution in [2.45, 2.75) is 45.3 Å². The second kappa shape index (κ2) is 10.6. The van der Waals surface area contributed by atoms with Crippen molar-refractivity contribution < 1.29 is 9.52 Å². The van der Waals surface area contributed by atoms with Crippen molar-refractivity contribution in [1.29, 1.82) is 0 Å². The maximum atomic E-state index is 10.6. The molecule has 0 spiro atoms. The lowest BCUT2D eigenvalue weighted by Gasteiger charge is -2.25. The minimum Gasteiger partial charge on any atom is -0.466 e. The number of nitrogens with one attached hydrogen (secondary N) is 2. The van der Waals surface area contributed by atoms with Gasteiger partial charge in [0.05, 0.1) is 12.8 Å². The van der Waals surface area contributed by atoms with E-state index in [9.17, 15) is 5.11 Å². The van der Waals surface area contributed by atoms with E-state index in [2.05, 4.69) is 53.7 Å². The molecule has 6 heteroatoms. The van der Waals surface area contributed by atoms with Gasteiger partial charge in [0.15, 0.2) is 5.96 Å². The number of halogens is 1. The van der Waals surface area contributed by atoms with Crippen LogP contribution in [-0.4, -0.2) is 30.2 Å². The molecule has 5 nitrogen and oxygen atoms in total. The van der Waals surface area contributed by atoms with Gasteiger partial charge in [-0.3, -0.25) is 0 Å². The summed E-state index contributed by atoms with van der Waals surface area (Å²) in [5.41, 5.74) is 0.140. The van der Waals surface area contributed by atoms with Crippen molar-refractivity contribution in [3.63, 3.8) is 0 Å². The molecule has 0 aliphatic heterocycles. The van der Waals surface area contributed by atoms with Crippen molar-refractivity contribution in [2.75, 3.05) is 13.1 Å². The molecule has 3 unspecified atom stereocenters. The third kappa shape index (κ3) is 6.32. The second-order valence-electron chi connectivity index (χ2n) is 6.58. The number of aliphatic imine (C=N–C) groups is 1. The summed E-state index contributed by atoms with van der Waals surface area (Å²) in [5, 5.41) is 17.2. The first-order valence-electron chi connectivity index (χ1n) is 8.80. The van der Waals surface area contributed by atoms with Crippen LogP contribution in [0.4, 0.5) is 0 Å². The molecule has 0 saturated carbocycles. The molecule has 0 amide bonds. The fourth-order valence-corrected chi connectivity index (χ4v) is 2.60. The van der Waals surface area contributed by atoms with Crippen LogP contribution in [0.15, 0.2) is 58.1 Å². The quantitative estimate of drug-likeness (QED) is 0.326. The topological polar surface area (TPSA) is 69.8 Å². The molecule has 2 aromatic rings. The van der Waals surface area contributed by atoms with Gasteiger partial charge in [0.2, 0.25) is 0 Å². The van der Waals surface area contributed by atoms with E-state index in [1.54, 1.807) is 25.3 Å². The van der Waals surface area contributed by atoms with Gasteiger partial charge < -0.3 is 20.2 Å². The van der Waals surface area contributed by atoms with Gasteiger partial charge in [-0.2, -0.15) is 0 Å². The third-order valence-corrected chi connectivity index (χ3v) is 4.38. The molecule has 1 aromatic carbocycles. The van der Waals surface area contributed by atoms with Crippen molar-refractivity contribution in [3.8, 4) is 0 Å². The Morgan fingerprint density at radius 2 is 1.88 bits per heavy atom. The summed E-state index contributed by atoms with van der Waals surface area (Å²) in [6.45, 7) is 9.01. The lowest BCUT2D eigenvalue weighted by atomic mass is 9.94. The molecule has 3 N–H and O–H groups in total. The molecule has 0 fully saturated rings. The van der Waals surface area contributed by atoms with Gasteiger partial charge in [0.25, 0.3) is 0 Å². The van der Waals surface area contributed by atoms with Gasteiger partial charge in [-0.05, 0) is 38.5 Å². The summed E-state index contributed by atoms with van der Waals surface area (Å²) in [6, 6.07) is 14.1. The zero-order chi connectivity index (χ0) is 18.3. The smallest absolute Gasteiger partial charge is 0.191 e. The molecule has 1 aromatic heterocycles. The summed E-state index contributed by atoms with van der Waals surface area (Å²) < 4.78 is 5.31. The molecule has 2 rings (SSSR count). The van der Waals surface area contributed by atoms with Crippen LogP contribution in [0.2, 0.25) is 0 Å². The summed E-state index contributed by atoms with van der Waals surface area (Å²) in [4.78, 5) is 4.54. The molecule has 0 aliphatic carbocycles. The first-order chi connectivity index (χ1) is 11.9. The molecular formula is C20H30IN3O2. The summed E-state index contributed by atoms with van der Waals surface area (Å²) in [5.74, 6) is 1.53. The van der Waals surface area contributed by atoms with Crippen LogP contribution in [-0.2, 0) is 5.60 Å². The summed E-state index contributed by atoms with van der Waals surface area (Å²) in [7, 11) is 0. The first-order valence-corrected chi connectivity index (χ1v) is 8.80. The maximum Gasteiger partial charge on any atom is 0.191 e. The van der Waals surface area contributed by atoms with Gasteiger partial charge in [-0.25, -0.2) is 4.99 Å². The van der Waals surface area contributed by atoms with Crippen LogP contribution in [0.3, 0.4) is 0 Å². The van der Waals surface area contributed by atoms with E-state index in [0.29, 0.717) is 17.6 Å². The zero-order valence-corrected chi connectivity index (χ0v) is 18.2. The Labute approximate surface area is 173 Å². The van der Waals surface area contributed by atoms with E-state index in [-0.39, 0.29) is 36.6 Å². The monoisotopic (exact) mass is 471 g/mol. The molecular weight excluding hydrogens is 441 g/mol. The van der Waals surface area contributed by atoms with Gasteiger partial charge in [-0.1, -0.05) is 37.3 Å². The van der Waals surface area contributed by atoms with Crippen LogP contribution >= 0.6 is 24.0 Å². The highest BCUT2D eigenvalue weighted by atomic mass is 127. The largest absolute Gasteiger partial charge is 0.466 e. The van der Waals surface area contributed by atoms with E-state index < -0.39 is 5.60 Å². The van der Waals surface area contributed by atoms with E-state index >= 15 is 0 Å². The van der Waals surface area contributed by atoms with E-state index in [0.717, 1.165) is 6.54 Å². The Balaban J connectivity index is 0.00000338. The fourth-order valence-electron chi connectivity index (χ4n) is 2.60. The van der Waals surface area contributed by atoms with Gasteiger partial charge in [0.1, 0.15) is 11.4 Å². The minimum absolute atomic E-state index is 0. The minimum atomic E-state index is -1.14. The molecule has 0 saturated heterocycles. The highest BCUT2D eigenvalue weighted by molar-refractivity contribution is 14.0. The van der Waals surface area contributed by atoms with Crippen molar-refractivity contribution >= 4 is 29.9 Å². The van der Waals surface area contributed by atoms with E-state index in [1.165, 1.54) is 5.56 Å². The third-order valence-electron chi connectivity index (χ3n) is 4.38. The van der Waals surface area contributed by atoms with Crippen LogP contribution < -0.4 is 10.6 Å². The number of hydrogen-bond acceptors (Lipinski definition) is 3. The van der Waals surface area contributed by atoms with Gasteiger partial charge in [0, 0.05) is 18.5 Å². The van der Waals surface area contributed by atoms with E-state index in [4.69, 9.17) is 4.42 Å². The average molecular weight is 471 g/mol. The highest BCUT2D eigenvalue weighted by Crippen LogP contribution is 2.21. The second-order valence-corrected chi connectivity index (χ2v) is 6.58. The summed E-state index contributed by atoms with van der Waals surface area (Å²) in [6.07, 6.45) is 1.56. The Bertz CT molecular complexity index is 657. The lowest BCUT2D eigenvalue weighted by molar-refractivity contribution is 0.0436. The number of benzene rings is 1.